The zero-order valence-electron chi connectivity index (χ0n) is 12.3. The quantitative estimate of drug-likeness (QED) is 0.775. The summed E-state index contributed by atoms with van der Waals surface area (Å²) in [4.78, 5) is 12.8. The molecule has 0 aromatic heterocycles. The van der Waals surface area contributed by atoms with E-state index in [2.05, 4.69) is 13.0 Å². The van der Waals surface area contributed by atoms with Crippen molar-refractivity contribution in [3.8, 4) is 0 Å². The summed E-state index contributed by atoms with van der Waals surface area (Å²) in [6.07, 6.45) is 2.89. The summed E-state index contributed by atoms with van der Waals surface area (Å²) in [5.41, 5.74) is 3.22. The summed E-state index contributed by atoms with van der Waals surface area (Å²) < 4.78 is 6.02. The smallest absolute Gasteiger partial charge is 0.166 e. The average Bonchev–Trinajstić information content (AvgIpc) is 2.86. The minimum atomic E-state index is -0.0121. The largest absolute Gasteiger partial charge is 0.374 e. The third-order valence-electron chi connectivity index (χ3n) is 4.58. The molecule has 2 saturated heterocycles. The Kier molecular flexibility index (Phi) is 3.91. The molecule has 20 heavy (non-hydrogen) atoms. The Hall–Kier alpha value is -0.800. The molecule has 2 heterocycles. The van der Waals surface area contributed by atoms with Gasteiger partial charge in [0, 0.05) is 23.8 Å². The zero-order chi connectivity index (χ0) is 14.2. The summed E-state index contributed by atoms with van der Waals surface area (Å²) in [7, 11) is 0. The van der Waals surface area contributed by atoms with Crippen LogP contribution < -0.4 is 0 Å². The Balaban J connectivity index is 1.79. The maximum Gasteiger partial charge on any atom is 0.166 e. The standard InChI is InChI=1S/C17H22O2S/c1-12-3-4-15(13(2)9-12)16(18)14-5-7-19-17(10-14)6-8-20-11-17/h3-4,9,14H,5-8,10-11H2,1-2H3. The van der Waals surface area contributed by atoms with Gasteiger partial charge in [0.05, 0.1) is 5.60 Å². The molecule has 0 saturated carbocycles. The average molecular weight is 290 g/mol. The molecule has 2 atom stereocenters. The fourth-order valence-electron chi connectivity index (χ4n) is 3.42. The van der Waals surface area contributed by atoms with Crippen molar-refractivity contribution in [3.63, 3.8) is 0 Å². The first-order chi connectivity index (χ1) is 9.60. The van der Waals surface area contributed by atoms with Crippen LogP contribution in [0.2, 0.25) is 0 Å². The van der Waals surface area contributed by atoms with Crippen LogP contribution in [0.15, 0.2) is 18.2 Å². The van der Waals surface area contributed by atoms with Gasteiger partial charge in [0.1, 0.15) is 0 Å². The summed E-state index contributed by atoms with van der Waals surface area (Å²) in [6.45, 7) is 4.85. The first-order valence-corrected chi connectivity index (χ1v) is 8.58. The third kappa shape index (κ3) is 2.66. The second-order valence-electron chi connectivity index (χ2n) is 6.21. The number of rotatable bonds is 2. The van der Waals surface area contributed by atoms with Gasteiger partial charge >= 0.3 is 0 Å². The number of benzene rings is 1. The van der Waals surface area contributed by atoms with Gasteiger partial charge in [-0.2, -0.15) is 11.8 Å². The van der Waals surface area contributed by atoms with Crippen LogP contribution in [0.3, 0.4) is 0 Å². The SMILES string of the molecule is Cc1ccc(C(=O)C2CCOC3(CCSC3)C2)c(C)c1. The molecular weight excluding hydrogens is 268 g/mol. The molecule has 3 rings (SSSR count). The van der Waals surface area contributed by atoms with Crippen LogP contribution in [0.25, 0.3) is 0 Å². The van der Waals surface area contributed by atoms with Gasteiger partial charge in [-0.05, 0) is 44.4 Å². The van der Waals surface area contributed by atoms with E-state index in [1.165, 1.54) is 11.3 Å². The lowest BCUT2D eigenvalue weighted by atomic mass is 9.80. The lowest BCUT2D eigenvalue weighted by molar-refractivity contribution is -0.0734. The van der Waals surface area contributed by atoms with Gasteiger partial charge in [0.15, 0.2) is 5.78 Å². The molecule has 1 spiro atoms. The number of hydrogen-bond acceptors (Lipinski definition) is 3. The third-order valence-corrected chi connectivity index (χ3v) is 5.80. The molecule has 2 fully saturated rings. The first-order valence-electron chi connectivity index (χ1n) is 7.43. The van der Waals surface area contributed by atoms with Gasteiger partial charge in [0.25, 0.3) is 0 Å². The predicted octanol–water partition coefficient (Wildman–Crippen LogP) is 3.79. The Labute approximate surface area is 125 Å². The maximum atomic E-state index is 12.8. The fourth-order valence-corrected chi connectivity index (χ4v) is 4.80. The lowest BCUT2D eigenvalue weighted by Crippen LogP contribution is -2.42. The van der Waals surface area contributed by atoms with Crippen LogP contribution in [-0.2, 0) is 4.74 Å². The molecule has 2 nitrogen and oxygen atoms in total. The monoisotopic (exact) mass is 290 g/mol. The number of carbonyl (C=O) groups is 1. The van der Waals surface area contributed by atoms with E-state index in [0.29, 0.717) is 5.78 Å². The molecule has 108 valence electrons. The molecule has 3 heteroatoms. The molecule has 0 aliphatic carbocycles. The Morgan fingerprint density at radius 2 is 2.25 bits per heavy atom. The van der Waals surface area contributed by atoms with Crippen molar-refractivity contribution in [2.24, 2.45) is 5.92 Å². The topological polar surface area (TPSA) is 26.3 Å². The number of carbonyl (C=O) groups excluding carboxylic acids is 1. The number of hydrogen-bond donors (Lipinski definition) is 0. The molecule has 2 unspecified atom stereocenters. The molecule has 0 N–H and O–H groups in total. The van der Waals surface area contributed by atoms with E-state index in [-0.39, 0.29) is 11.5 Å². The minimum Gasteiger partial charge on any atom is -0.374 e. The molecule has 1 aromatic rings. The summed E-state index contributed by atoms with van der Waals surface area (Å²) in [6, 6.07) is 6.15. The maximum absolute atomic E-state index is 12.8. The highest BCUT2D eigenvalue weighted by atomic mass is 32.2. The molecule has 2 aliphatic heterocycles. The summed E-state index contributed by atoms with van der Waals surface area (Å²) in [5, 5.41) is 0. The second kappa shape index (κ2) is 5.53. The lowest BCUT2D eigenvalue weighted by Gasteiger charge is -2.37. The first kappa shape index (κ1) is 14.2. The zero-order valence-corrected chi connectivity index (χ0v) is 13.1. The number of ether oxygens (including phenoxy) is 1. The number of Topliss-reactive ketones (excluding diaryl/α,β-unsaturated/α-hetero) is 1. The highest BCUT2D eigenvalue weighted by molar-refractivity contribution is 7.99. The second-order valence-corrected chi connectivity index (χ2v) is 7.31. The molecule has 0 amide bonds. The molecule has 1 aromatic carbocycles. The number of thioether (sulfide) groups is 1. The van der Waals surface area contributed by atoms with E-state index < -0.39 is 0 Å². The molecule has 2 aliphatic rings. The molecule has 0 bridgehead atoms. The van der Waals surface area contributed by atoms with Gasteiger partial charge in [-0.25, -0.2) is 0 Å². The highest BCUT2D eigenvalue weighted by Gasteiger charge is 2.42. The van der Waals surface area contributed by atoms with Crippen molar-refractivity contribution in [2.75, 3.05) is 18.1 Å². The van der Waals surface area contributed by atoms with E-state index >= 15 is 0 Å². The van der Waals surface area contributed by atoms with Crippen molar-refractivity contribution < 1.29 is 9.53 Å². The van der Waals surface area contributed by atoms with Crippen molar-refractivity contribution >= 4 is 17.5 Å². The van der Waals surface area contributed by atoms with E-state index in [4.69, 9.17) is 4.74 Å². The summed E-state index contributed by atoms with van der Waals surface area (Å²) in [5.74, 6) is 2.69. The van der Waals surface area contributed by atoms with Crippen molar-refractivity contribution in [2.45, 2.75) is 38.7 Å². The van der Waals surface area contributed by atoms with Crippen LogP contribution >= 0.6 is 11.8 Å². The van der Waals surface area contributed by atoms with E-state index in [0.717, 1.165) is 42.7 Å². The van der Waals surface area contributed by atoms with Gasteiger partial charge in [0.2, 0.25) is 0 Å². The Bertz CT molecular complexity index is 518. The van der Waals surface area contributed by atoms with Crippen molar-refractivity contribution in [1.29, 1.82) is 0 Å². The van der Waals surface area contributed by atoms with E-state index in [9.17, 15) is 4.79 Å². The van der Waals surface area contributed by atoms with Gasteiger partial charge in [-0.15, -0.1) is 0 Å². The van der Waals surface area contributed by atoms with E-state index in [1.807, 2.05) is 30.8 Å². The van der Waals surface area contributed by atoms with E-state index in [1.54, 1.807) is 0 Å². The number of ketones is 1. The van der Waals surface area contributed by atoms with Crippen LogP contribution in [-0.4, -0.2) is 29.5 Å². The Morgan fingerprint density at radius 3 is 2.95 bits per heavy atom. The summed E-state index contributed by atoms with van der Waals surface area (Å²) >= 11 is 1.96. The normalized spacial score (nSPS) is 29.8. The fraction of sp³-hybridized carbons (Fsp3) is 0.588. The molecule has 0 radical (unpaired) electrons. The van der Waals surface area contributed by atoms with Crippen LogP contribution in [0.5, 0.6) is 0 Å². The van der Waals surface area contributed by atoms with Gasteiger partial charge in [-0.1, -0.05) is 23.8 Å². The number of aryl methyl sites for hydroxylation is 2. The van der Waals surface area contributed by atoms with Gasteiger partial charge < -0.3 is 4.74 Å². The highest BCUT2D eigenvalue weighted by Crippen LogP contribution is 2.41. The minimum absolute atomic E-state index is 0.0121. The van der Waals surface area contributed by atoms with Crippen LogP contribution in [0.1, 0.15) is 40.7 Å². The van der Waals surface area contributed by atoms with Crippen molar-refractivity contribution in [3.05, 3.63) is 34.9 Å². The predicted molar refractivity (Wildman–Crippen MR) is 83.6 cm³/mol. The van der Waals surface area contributed by atoms with Gasteiger partial charge in [-0.3, -0.25) is 4.79 Å². The van der Waals surface area contributed by atoms with Crippen LogP contribution in [0, 0.1) is 19.8 Å². The Morgan fingerprint density at radius 1 is 1.40 bits per heavy atom. The van der Waals surface area contributed by atoms with Crippen molar-refractivity contribution in [1.82, 2.24) is 0 Å². The molecular formula is C17H22O2S. The van der Waals surface area contributed by atoms with Crippen LogP contribution in [0.4, 0.5) is 0 Å².